The van der Waals surface area contributed by atoms with Crippen molar-refractivity contribution >= 4 is 27.3 Å². The average molecular weight is 426 g/mol. The lowest BCUT2D eigenvalue weighted by Crippen LogP contribution is -2.13. The summed E-state index contributed by atoms with van der Waals surface area (Å²) in [6.45, 7) is 0.257. The van der Waals surface area contributed by atoms with Crippen molar-refractivity contribution in [3.63, 3.8) is 0 Å². The number of hydrogen-bond acceptors (Lipinski definition) is 5. The molecule has 10 heteroatoms. The Kier molecular flexibility index (Phi) is 5.76. The zero-order valence-electron chi connectivity index (χ0n) is 15.0. The first-order valence-corrected chi connectivity index (χ1v) is 9.90. The van der Waals surface area contributed by atoms with Gasteiger partial charge < -0.3 is 9.47 Å². The van der Waals surface area contributed by atoms with E-state index < -0.39 is 15.8 Å². The second-order valence-electron chi connectivity index (χ2n) is 5.78. The van der Waals surface area contributed by atoms with E-state index in [1.54, 1.807) is 6.07 Å². The van der Waals surface area contributed by atoms with E-state index in [0.29, 0.717) is 11.3 Å². The minimum atomic E-state index is -3.91. The van der Waals surface area contributed by atoms with Crippen molar-refractivity contribution in [2.45, 2.75) is 11.4 Å². The van der Waals surface area contributed by atoms with Crippen molar-refractivity contribution in [1.29, 1.82) is 0 Å². The average Bonchev–Trinajstić information content (AvgIpc) is 3.09. The van der Waals surface area contributed by atoms with E-state index >= 15 is 0 Å². The van der Waals surface area contributed by atoms with Crippen molar-refractivity contribution in [2.75, 3.05) is 18.9 Å². The van der Waals surface area contributed by atoms with E-state index in [1.165, 1.54) is 61.6 Å². The first-order valence-electron chi connectivity index (χ1n) is 8.03. The monoisotopic (exact) mass is 425 g/mol. The molecule has 0 saturated carbocycles. The van der Waals surface area contributed by atoms with E-state index in [0.717, 1.165) is 0 Å². The summed E-state index contributed by atoms with van der Waals surface area (Å²) in [6.07, 6.45) is 2.87. The number of halogens is 2. The molecule has 2 aromatic carbocycles. The third-order valence-corrected chi connectivity index (χ3v) is 5.67. The number of rotatable bonds is 7. The minimum Gasteiger partial charge on any atom is -0.497 e. The van der Waals surface area contributed by atoms with Crippen molar-refractivity contribution in [3.05, 3.63) is 65.2 Å². The standard InChI is InChI=1S/C18H17ClFN3O4S/c1-26-15-5-6-18(17(8-15)27-2)28(24,25)22-14-9-21-23(11-14)10-12-3-4-13(20)7-16(12)19/h3-9,11,22H,10H2,1-2H3. The highest BCUT2D eigenvalue weighted by atomic mass is 35.5. The number of ether oxygens (including phenoxy) is 2. The number of nitrogens with one attached hydrogen (secondary N) is 1. The lowest BCUT2D eigenvalue weighted by atomic mass is 10.2. The van der Waals surface area contributed by atoms with Crippen LogP contribution in [0.5, 0.6) is 11.5 Å². The molecular formula is C18H17ClFN3O4S. The minimum absolute atomic E-state index is 0.0369. The summed E-state index contributed by atoms with van der Waals surface area (Å²) in [4.78, 5) is -0.0369. The molecule has 28 heavy (non-hydrogen) atoms. The molecule has 0 amide bonds. The molecule has 1 aromatic heterocycles. The molecule has 0 aliphatic rings. The van der Waals surface area contributed by atoms with Gasteiger partial charge in [-0.05, 0) is 29.8 Å². The zero-order chi connectivity index (χ0) is 20.3. The van der Waals surface area contributed by atoms with Crippen molar-refractivity contribution in [1.82, 2.24) is 9.78 Å². The molecule has 0 aliphatic carbocycles. The van der Waals surface area contributed by atoms with Crippen LogP contribution in [0.25, 0.3) is 0 Å². The molecule has 3 aromatic rings. The van der Waals surface area contributed by atoms with Crippen LogP contribution >= 0.6 is 11.6 Å². The Balaban J connectivity index is 1.80. The highest BCUT2D eigenvalue weighted by Crippen LogP contribution is 2.29. The lowest BCUT2D eigenvalue weighted by molar-refractivity contribution is 0.386. The van der Waals surface area contributed by atoms with E-state index in [9.17, 15) is 12.8 Å². The van der Waals surface area contributed by atoms with Crippen LogP contribution in [0.15, 0.2) is 53.7 Å². The van der Waals surface area contributed by atoms with Gasteiger partial charge in [0.2, 0.25) is 0 Å². The van der Waals surface area contributed by atoms with Crippen molar-refractivity contribution in [2.24, 2.45) is 0 Å². The summed E-state index contributed by atoms with van der Waals surface area (Å²) >= 11 is 6.01. The van der Waals surface area contributed by atoms with Gasteiger partial charge in [0.15, 0.2) is 0 Å². The second kappa shape index (κ2) is 8.07. The van der Waals surface area contributed by atoms with Crippen LogP contribution in [0, 0.1) is 5.82 Å². The summed E-state index contributed by atoms with van der Waals surface area (Å²) < 4.78 is 52.7. The molecule has 1 heterocycles. The quantitative estimate of drug-likeness (QED) is 0.626. The number of anilines is 1. The lowest BCUT2D eigenvalue weighted by Gasteiger charge is -2.11. The molecule has 0 spiro atoms. The van der Waals surface area contributed by atoms with Crippen LogP contribution in [0.4, 0.5) is 10.1 Å². The van der Waals surface area contributed by atoms with Gasteiger partial charge in [0.1, 0.15) is 22.2 Å². The van der Waals surface area contributed by atoms with E-state index in [4.69, 9.17) is 21.1 Å². The topological polar surface area (TPSA) is 82.5 Å². The third-order valence-electron chi connectivity index (χ3n) is 3.89. The number of methoxy groups -OCH3 is 2. The fraction of sp³-hybridized carbons (Fsp3) is 0.167. The molecule has 0 aliphatic heterocycles. The molecule has 0 atom stereocenters. The Hall–Kier alpha value is -2.78. The molecule has 0 saturated heterocycles. The highest BCUT2D eigenvalue weighted by molar-refractivity contribution is 7.92. The Labute approximate surface area is 166 Å². The van der Waals surface area contributed by atoms with Gasteiger partial charge in [-0.1, -0.05) is 17.7 Å². The molecule has 148 valence electrons. The number of benzene rings is 2. The summed E-state index contributed by atoms with van der Waals surface area (Å²) in [6, 6.07) is 8.45. The number of nitrogens with zero attached hydrogens (tertiary/aromatic N) is 2. The van der Waals surface area contributed by atoms with Gasteiger partial charge in [-0.15, -0.1) is 0 Å². The van der Waals surface area contributed by atoms with Gasteiger partial charge in [0.05, 0.1) is 32.6 Å². The summed E-state index contributed by atoms with van der Waals surface area (Å²) in [5, 5.41) is 4.37. The molecule has 0 fully saturated rings. The van der Waals surface area contributed by atoms with E-state index in [-0.39, 0.29) is 27.9 Å². The molecule has 1 N–H and O–H groups in total. The van der Waals surface area contributed by atoms with Gasteiger partial charge in [-0.2, -0.15) is 5.10 Å². The summed E-state index contributed by atoms with van der Waals surface area (Å²) in [7, 11) is -1.07. The van der Waals surface area contributed by atoms with E-state index in [2.05, 4.69) is 9.82 Å². The highest BCUT2D eigenvalue weighted by Gasteiger charge is 2.21. The van der Waals surface area contributed by atoms with Gasteiger partial charge in [-0.25, -0.2) is 12.8 Å². The fourth-order valence-electron chi connectivity index (χ4n) is 2.53. The molecule has 0 unspecified atom stereocenters. The van der Waals surface area contributed by atoms with Gasteiger partial charge in [-0.3, -0.25) is 9.40 Å². The Bertz CT molecular complexity index is 1100. The summed E-state index contributed by atoms with van der Waals surface area (Å²) in [5.41, 5.74) is 0.911. The largest absolute Gasteiger partial charge is 0.497 e. The Morgan fingerprint density at radius 2 is 1.96 bits per heavy atom. The molecule has 0 bridgehead atoms. The van der Waals surface area contributed by atoms with E-state index in [1.807, 2.05) is 0 Å². The molecule has 3 rings (SSSR count). The number of sulfonamides is 1. The third kappa shape index (κ3) is 4.37. The van der Waals surface area contributed by atoms with Gasteiger partial charge in [0, 0.05) is 17.3 Å². The number of hydrogen-bond donors (Lipinski definition) is 1. The SMILES string of the molecule is COc1ccc(S(=O)(=O)Nc2cnn(Cc3ccc(F)cc3Cl)c2)c(OC)c1. The maximum Gasteiger partial charge on any atom is 0.265 e. The summed E-state index contributed by atoms with van der Waals surface area (Å²) in [5.74, 6) is 0.188. The van der Waals surface area contributed by atoms with Crippen molar-refractivity contribution in [3.8, 4) is 11.5 Å². The maximum atomic E-state index is 13.1. The maximum absolute atomic E-state index is 13.1. The van der Waals surface area contributed by atoms with Gasteiger partial charge in [0.25, 0.3) is 10.0 Å². The molecule has 7 nitrogen and oxygen atoms in total. The van der Waals surface area contributed by atoms with Gasteiger partial charge >= 0.3 is 0 Å². The normalized spacial score (nSPS) is 11.3. The first kappa shape index (κ1) is 20.0. The predicted molar refractivity (Wildman–Crippen MR) is 103 cm³/mol. The van der Waals surface area contributed by atoms with Crippen LogP contribution in [-0.4, -0.2) is 32.4 Å². The Morgan fingerprint density at radius 1 is 1.18 bits per heavy atom. The molecule has 0 radical (unpaired) electrons. The van der Waals surface area contributed by atoms with Crippen molar-refractivity contribution < 1.29 is 22.3 Å². The number of aromatic nitrogens is 2. The first-order chi connectivity index (χ1) is 13.3. The van der Waals surface area contributed by atoms with Crippen LogP contribution in [0.1, 0.15) is 5.56 Å². The Morgan fingerprint density at radius 3 is 2.64 bits per heavy atom. The smallest absolute Gasteiger partial charge is 0.265 e. The second-order valence-corrected chi connectivity index (χ2v) is 7.84. The van der Waals surface area contributed by atoms with Crippen LogP contribution in [-0.2, 0) is 16.6 Å². The van der Waals surface area contributed by atoms with Crippen LogP contribution in [0.2, 0.25) is 5.02 Å². The zero-order valence-corrected chi connectivity index (χ0v) is 16.6. The fourth-order valence-corrected chi connectivity index (χ4v) is 3.94. The van der Waals surface area contributed by atoms with Crippen LogP contribution < -0.4 is 14.2 Å². The van der Waals surface area contributed by atoms with Crippen LogP contribution in [0.3, 0.4) is 0 Å². The molecular weight excluding hydrogens is 409 g/mol. The predicted octanol–water partition coefficient (Wildman–Crippen LogP) is 3.54.